The molecule has 1 aliphatic heterocycles. The van der Waals surface area contributed by atoms with E-state index in [1.165, 1.54) is 0 Å². The Morgan fingerprint density at radius 3 is 2.74 bits per heavy atom. The Labute approximate surface area is 177 Å². The number of pyridine rings is 1. The summed E-state index contributed by atoms with van der Waals surface area (Å²) in [5.41, 5.74) is 3.78. The van der Waals surface area contributed by atoms with E-state index in [0.29, 0.717) is 36.3 Å². The largest absolute Gasteiger partial charge is 0.432 e. The molecule has 1 saturated heterocycles. The third-order valence-electron chi connectivity index (χ3n) is 5.28. The monoisotopic (exact) mass is 413 g/mol. The molecule has 2 N–H and O–H groups in total. The minimum atomic E-state index is 0.462. The van der Waals surface area contributed by atoms with Gasteiger partial charge in [0.05, 0.1) is 24.3 Å². The number of rotatable bonds is 4. The van der Waals surface area contributed by atoms with Crippen LogP contribution in [-0.2, 0) is 4.74 Å². The van der Waals surface area contributed by atoms with Crippen LogP contribution in [-0.4, -0.2) is 51.5 Å². The van der Waals surface area contributed by atoms with E-state index < -0.39 is 0 Å². The number of benzene rings is 1. The van der Waals surface area contributed by atoms with Gasteiger partial charge in [0.1, 0.15) is 11.3 Å². The highest BCUT2D eigenvalue weighted by molar-refractivity contribution is 6.05. The van der Waals surface area contributed by atoms with Crippen molar-refractivity contribution in [3.05, 3.63) is 54.7 Å². The Kier molecular flexibility index (Phi) is 4.24. The van der Waals surface area contributed by atoms with Crippen molar-refractivity contribution in [2.75, 3.05) is 36.5 Å². The van der Waals surface area contributed by atoms with Gasteiger partial charge in [0.15, 0.2) is 11.4 Å². The molecule has 0 saturated carbocycles. The molecule has 0 radical (unpaired) electrons. The number of aromatic amines is 1. The molecule has 154 valence electrons. The molecular weight excluding hydrogens is 394 g/mol. The Hall–Kier alpha value is -3.98. The van der Waals surface area contributed by atoms with Gasteiger partial charge in [0.25, 0.3) is 0 Å². The maximum Gasteiger partial charge on any atom is 0.231 e. The van der Waals surface area contributed by atoms with Crippen molar-refractivity contribution in [1.82, 2.24) is 25.1 Å². The standard InChI is InChI=1S/C22H19N7O2/c1-2-5-14(6-3-1)16-13-17(28-27-16)24-22-25-18-15-7-4-8-23-21(15)31-19(18)20(26-22)29-9-11-30-12-10-29/h1-8,13H,9-12H2,(H2,24,25,26,27,28). The Bertz CT molecular complexity index is 1360. The van der Waals surface area contributed by atoms with E-state index in [1.54, 1.807) is 6.20 Å². The molecule has 1 aromatic carbocycles. The fourth-order valence-electron chi connectivity index (χ4n) is 3.77. The van der Waals surface area contributed by atoms with E-state index in [0.717, 1.165) is 41.1 Å². The zero-order valence-electron chi connectivity index (χ0n) is 16.6. The van der Waals surface area contributed by atoms with Crippen molar-refractivity contribution in [2.45, 2.75) is 0 Å². The number of nitrogens with zero attached hydrogens (tertiary/aromatic N) is 5. The smallest absolute Gasteiger partial charge is 0.231 e. The lowest BCUT2D eigenvalue weighted by Crippen LogP contribution is -2.37. The van der Waals surface area contributed by atoms with Crippen LogP contribution in [0.5, 0.6) is 0 Å². The summed E-state index contributed by atoms with van der Waals surface area (Å²) in [7, 11) is 0. The number of morpholine rings is 1. The van der Waals surface area contributed by atoms with Gasteiger partial charge >= 0.3 is 0 Å². The van der Waals surface area contributed by atoms with Crippen molar-refractivity contribution < 1.29 is 9.15 Å². The number of anilines is 3. The molecule has 1 fully saturated rings. The molecule has 9 nitrogen and oxygen atoms in total. The molecule has 6 rings (SSSR count). The summed E-state index contributed by atoms with van der Waals surface area (Å²) in [6.07, 6.45) is 1.71. The molecule has 0 atom stereocenters. The second kappa shape index (κ2) is 7.37. The molecule has 5 aromatic rings. The third kappa shape index (κ3) is 3.24. The van der Waals surface area contributed by atoms with Gasteiger partial charge in [-0.3, -0.25) is 5.10 Å². The number of hydrogen-bond acceptors (Lipinski definition) is 8. The second-order valence-electron chi connectivity index (χ2n) is 7.26. The van der Waals surface area contributed by atoms with Crippen LogP contribution in [0.15, 0.2) is 59.1 Å². The molecule has 0 aliphatic carbocycles. The quantitative estimate of drug-likeness (QED) is 0.459. The highest BCUT2D eigenvalue weighted by Gasteiger charge is 2.22. The fraction of sp³-hybridized carbons (Fsp3) is 0.182. The third-order valence-corrected chi connectivity index (χ3v) is 5.28. The first-order valence-corrected chi connectivity index (χ1v) is 10.1. The van der Waals surface area contributed by atoms with Crippen molar-refractivity contribution in [1.29, 1.82) is 0 Å². The van der Waals surface area contributed by atoms with Crippen molar-refractivity contribution >= 4 is 39.8 Å². The number of aromatic nitrogens is 5. The van der Waals surface area contributed by atoms with Crippen LogP contribution in [0.3, 0.4) is 0 Å². The van der Waals surface area contributed by atoms with E-state index >= 15 is 0 Å². The molecule has 0 amide bonds. The molecular formula is C22H19N7O2. The summed E-state index contributed by atoms with van der Waals surface area (Å²) in [5, 5.41) is 11.5. The molecule has 5 heterocycles. The first-order chi connectivity index (χ1) is 15.3. The van der Waals surface area contributed by atoms with Gasteiger partial charge in [-0.15, -0.1) is 0 Å². The van der Waals surface area contributed by atoms with Gasteiger partial charge in [-0.1, -0.05) is 30.3 Å². The number of ether oxygens (including phenoxy) is 1. The maximum absolute atomic E-state index is 6.04. The van der Waals surface area contributed by atoms with Gasteiger partial charge in [-0.05, 0) is 12.1 Å². The summed E-state index contributed by atoms with van der Waals surface area (Å²) in [5.74, 6) is 1.90. The van der Waals surface area contributed by atoms with E-state index in [-0.39, 0.29) is 0 Å². The van der Waals surface area contributed by atoms with Crippen LogP contribution in [0.1, 0.15) is 0 Å². The minimum Gasteiger partial charge on any atom is -0.432 e. The molecule has 1 aliphatic rings. The SMILES string of the molecule is c1ccc(-c2cc(Nc3nc(N4CCOCC4)c4oc5ncccc5c4n3)[nH]n2)cc1. The summed E-state index contributed by atoms with van der Waals surface area (Å²) in [6.45, 7) is 2.76. The Morgan fingerprint density at radius 1 is 1.00 bits per heavy atom. The van der Waals surface area contributed by atoms with Crippen LogP contribution in [0.25, 0.3) is 33.5 Å². The molecule has 0 spiro atoms. The summed E-state index contributed by atoms with van der Waals surface area (Å²) < 4.78 is 11.5. The Morgan fingerprint density at radius 2 is 1.87 bits per heavy atom. The molecule has 0 unspecified atom stereocenters. The average molecular weight is 413 g/mol. The summed E-state index contributed by atoms with van der Waals surface area (Å²) in [4.78, 5) is 16.0. The highest BCUT2D eigenvalue weighted by Crippen LogP contribution is 2.34. The van der Waals surface area contributed by atoms with Gasteiger partial charge in [-0.25, -0.2) is 9.97 Å². The highest BCUT2D eigenvalue weighted by atomic mass is 16.5. The van der Waals surface area contributed by atoms with Crippen LogP contribution >= 0.6 is 0 Å². The summed E-state index contributed by atoms with van der Waals surface area (Å²) in [6, 6.07) is 15.8. The first kappa shape index (κ1) is 17.8. The zero-order valence-corrected chi connectivity index (χ0v) is 16.6. The molecule has 0 bridgehead atoms. The van der Waals surface area contributed by atoms with Gasteiger partial charge in [0.2, 0.25) is 11.7 Å². The van der Waals surface area contributed by atoms with E-state index in [2.05, 4.69) is 25.4 Å². The molecule has 4 aromatic heterocycles. The van der Waals surface area contributed by atoms with Crippen LogP contribution in [0, 0.1) is 0 Å². The second-order valence-corrected chi connectivity index (χ2v) is 7.26. The topological polar surface area (TPSA) is 105 Å². The first-order valence-electron chi connectivity index (χ1n) is 10.1. The van der Waals surface area contributed by atoms with E-state index in [1.807, 2.05) is 48.5 Å². The van der Waals surface area contributed by atoms with E-state index in [4.69, 9.17) is 19.1 Å². The van der Waals surface area contributed by atoms with Crippen LogP contribution < -0.4 is 10.2 Å². The number of nitrogens with one attached hydrogen (secondary N) is 2. The predicted molar refractivity (Wildman–Crippen MR) is 117 cm³/mol. The predicted octanol–water partition coefficient (Wildman–Crippen LogP) is 3.74. The number of furan rings is 1. The number of hydrogen-bond donors (Lipinski definition) is 2. The minimum absolute atomic E-state index is 0.462. The van der Waals surface area contributed by atoms with Crippen molar-refractivity contribution in [3.63, 3.8) is 0 Å². The van der Waals surface area contributed by atoms with Gasteiger partial charge in [-0.2, -0.15) is 10.1 Å². The lowest BCUT2D eigenvalue weighted by Gasteiger charge is -2.27. The van der Waals surface area contributed by atoms with Gasteiger partial charge < -0.3 is 19.4 Å². The molecule has 9 heteroatoms. The van der Waals surface area contributed by atoms with Gasteiger partial charge in [0, 0.05) is 30.9 Å². The van der Waals surface area contributed by atoms with E-state index in [9.17, 15) is 0 Å². The maximum atomic E-state index is 6.04. The number of H-pyrrole nitrogens is 1. The van der Waals surface area contributed by atoms with Crippen molar-refractivity contribution in [2.24, 2.45) is 0 Å². The zero-order chi connectivity index (χ0) is 20.6. The lowest BCUT2D eigenvalue weighted by molar-refractivity contribution is 0.122. The average Bonchev–Trinajstić information content (AvgIpc) is 3.45. The normalized spacial score (nSPS) is 14.4. The Balaban J connectivity index is 1.43. The van der Waals surface area contributed by atoms with Crippen LogP contribution in [0.4, 0.5) is 17.6 Å². The van der Waals surface area contributed by atoms with Crippen molar-refractivity contribution in [3.8, 4) is 11.3 Å². The van der Waals surface area contributed by atoms with Crippen LogP contribution in [0.2, 0.25) is 0 Å². The molecule has 31 heavy (non-hydrogen) atoms. The summed E-state index contributed by atoms with van der Waals surface area (Å²) >= 11 is 0. The lowest BCUT2D eigenvalue weighted by atomic mass is 10.2. The fourth-order valence-corrected chi connectivity index (χ4v) is 3.77. The number of fused-ring (bicyclic) bond motifs is 3.